The third-order valence-corrected chi connectivity index (χ3v) is 4.46. The first-order valence-electron chi connectivity index (χ1n) is 7.95. The molecule has 1 rings (SSSR count). The van der Waals surface area contributed by atoms with Gasteiger partial charge in [0.05, 0.1) is 5.38 Å². The lowest BCUT2D eigenvalue weighted by Crippen LogP contribution is -2.08. The second kappa shape index (κ2) is 9.42. The molecule has 1 aromatic carbocycles. The molecular weight excluding hydrogens is 252 g/mol. The largest absolute Gasteiger partial charge is 0.118 e. The molecule has 1 atom stereocenters. The van der Waals surface area contributed by atoms with E-state index >= 15 is 0 Å². The number of rotatable bonds is 9. The summed E-state index contributed by atoms with van der Waals surface area (Å²) in [4.78, 5) is 0. The van der Waals surface area contributed by atoms with E-state index in [-0.39, 0.29) is 5.38 Å². The Bertz CT molecular complexity index is 322. The molecule has 0 amide bonds. The van der Waals surface area contributed by atoms with E-state index in [4.69, 9.17) is 11.6 Å². The maximum absolute atomic E-state index is 6.69. The van der Waals surface area contributed by atoms with Crippen molar-refractivity contribution in [1.29, 1.82) is 0 Å². The first kappa shape index (κ1) is 16.6. The molecule has 0 heterocycles. The summed E-state index contributed by atoms with van der Waals surface area (Å²) < 4.78 is 0. The van der Waals surface area contributed by atoms with E-state index in [1.54, 1.807) is 0 Å². The molecule has 0 aliphatic heterocycles. The predicted molar refractivity (Wildman–Crippen MR) is 87.0 cm³/mol. The van der Waals surface area contributed by atoms with Crippen molar-refractivity contribution in [3.63, 3.8) is 0 Å². The van der Waals surface area contributed by atoms with Gasteiger partial charge >= 0.3 is 0 Å². The monoisotopic (exact) mass is 280 g/mol. The lowest BCUT2D eigenvalue weighted by atomic mass is 9.90. The van der Waals surface area contributed by atoms with Crippen molar-refractivity contribution in [2.24, 2.45) is 5.92 Å². The summed E-state index contributed by atoms with van der Waals surface area (Å²) in [5.41, 5.74) is 2.74. The molecule has 0 aliphatic carbocycles. The van der Waals surface area contributed by atoms with Gasteiger partial charge in [-0.05, 0) is 42.7 Å². The molecule has 1 unspecified atom stereocenters. The SMILES string of the molecule is CCCCc1ccc(C(Cl)C(CCC)CCC)cc1. The topological polar surface area (TPSA) is 0 Å². The van der Waals surface area contributed by atoms with Crippen molar-refractivity contribution >= 4 is 11.6 Å². The molecule has 0 fully saturated rings. The molecular formula is C18H29Cl. The summed E-state index contributed by atoms with van der Waals surface area (Å²) in [7, 11) is 0. The molecule has 0 aliphatic rings. The minimum Gasteiger partial charge on any atom is -0.118 e. The predicted octanol–water partition coefficient (Wildman–Crippen LogP) is 6.53. The summed E-state index contributed by atoms with van der Waals surface area (Å²) in [6.07, 6.45) is 8.65. The van der Waals surface area contributed by atoms with E-state index in [9.17, 15) is 0 Å². The zero-order chi connectivity index (χ0) is 14.1. The molecule has 0 nitrogen and oxygen atoms in total. The Morgan fingerprint density at radius 1 is 0.895 bits per heavy atom. The van der Waals surface area contributed by atoms with E-state index in [1.807, 2.05) is 0 Å². The van der Waals surface area contributed by atoms with Crippen LogP contribution >= 0.6 is 11.6 Å². The fourth-order valence-corrected chi connectivity index (χ4v) is 3.10. The van der Waals surface area contributed by atoms with Gasteiger partial charge in [0.1, 0.15) is 0 Å². The normalized spacial score (nSPS) is 12.9. The molecule has 0 saturated heterocycles. The van der Waals surface area contributed by atoms with E-state index in [1.165, 1.54) is 56.1 Å². The Balaban J connectivity index is 2.66. The van der Waals surface area contributed by atoms with Gasteiger partial charge in [-0.2, -0.15) is 0 Å². The van der Waals surface area contributed by atoms with Crippen LogP contribution in [-0.4, -0.2) is 0 Å². The summed E-state index contributed by atoms with van der Waals surface area (Å²) >= 11 is 6.69. The van der Waals surface area contributed by atoms with E-state index in [2.05, 4.69) is 45.0 Å². The highest BCUT2D eigenvalue weighted by Gasteiger charge is 2.19. The zero-order valence-corrected chi connectivity index (χ0v) is 13.5. The average Bonchev–Trinajstić information content (AvgIpc) is 2.44. The number of unbranched alkanes of at least 4 members (excludes halogenated alkanes) is 1. The molecule has 0 aromatic heterocycles. The molecule has 0 saturated carbocycles. The fourth-order valence-electron chi connectivity index (χ4n) is 2.70. The van der Waals surface area contributed by atoms with Crippen molar-refractivity contribution in [1.82, 2.24) is 0 Å². The molecule has 0 N–H and O–H groups in total. The summed E-state index contributed by atoms with van der Waals surface area (Å²) in [6.45, 7) is 6.74. The van der Waals surface area contributed by atoms with Gasteiger partial charge in [-0.15, -0.1) is 11.6 Å². The van der Waals surface area contributed by atoms with Gasteiger partial charge in [0, 0.05) is 0 Å². The molecule has 0 bridgehead atoms. The third-order valence-electron chi connectivity index (χ3n) is 3.85. The van der Waals surface area contributed by atoms with Crippen LogP contribution in [0.4, 0.5) is 0 Å². The Morgan fingerprint density at radius 2 is 1.47 bits per heavy atom. The van der Waals surface area contributed by atoms with Crippen molar-refractivity contribution in [2.75, 3.05) is 0 Å². The number of aryl methyl sites for hydroxylation is 1. The zero-order valence-electron chi connectivity index (χ0n) is 12.8. The van der Waals surface area contributed by atoms with Crippen LogP contribution in [0.1, 0.15) is 75.8 Å². The van der Waals surface area contributed by atoms with Crippen LogP contribution in [0.3, 0.4) is 0 Å². The minimum absolute atomic E-state index is 0.181. The van der Waals surface area contributed by atoms with Crippen molar-refractivity contribution in [2.45, 2.75) is 71.1 Å². The van der Waals surface area contributed by atoms with Crippen molar-refractivity contribution in [3.05, 3.63) is 35.4 Å². The molecule has 1 heteroatoms. The maximum atomic E-state index is 6.69. The number of benzene rings is 1. The van der Waals surface area contributed by atoms with E-state index in [0.717, 1.165) is 0 Å². The molecule has 108 valence electrons. The molecule has 0 spiro atoms. The van der Waals surface area contributed by atoms with Gasteiger partial charge in [0.2, 0.25) is 0 Å². The van der Waals surface area contributed by atoms with Crippen molar-refractivity contribution in [3.8, 4) is 0 Å². The maximum Gasteiger partial charge on any atom is 0.0613 e. The van der Waals surface area contributed by atoms with Crippen molar-refractivity contribution < 1.29 is 0 Å². The fraction of sp³-hybridized carbons (Fsp3) is 0.667. The van der Waals surface area contributed by atoms with Crippen LogP contribution in [-0.2, 0) is 6.42 Å². The number of alkyl halides is 1. The smallest absolute Gasteiger partial charge is 0.0613 e. The second-order valence-corrected chi connectivity index (χ2v) is 6.05. The number of hydrogen-bond donors (Lipinski definition) is 0. The first-order valence-corrected chi connectivity index (χ1v) is 8.39. The molecule has 1 aromatic rings. The molecule has 19 heavy (non-hydrogen) atoms. The third kappa shape index (κ3) is 5.57. The Labute approximate surface area is 124 Å². The van der Waals surface area contributed by atoms with Gasteiger partial charge in [0.25, 0.3) is 0 Å². The Hall–Kier alpha value is -0.490. The molecule has 0 radical (unpaired) electrons. The van der Waals surface area contributed by atoms with Gasteiger partial charge in [-0.1, -0.05) is 64.3 Å². The highest BCUT2D eigenvalue weighted by molar-refractivity contribution is 6.21. The van der Waals surface area contributed by atoms with E-state index in [0.29, 0.717) is 5.92 Å². The Morgan fingerprint density at radius 3 is 1.95 bits per heavy atom. The van der Waals surface area contributed by atoms with Crippen LogP contribution in [0.2, 0.25) is 0 Å². The highest BCUT2D eigenvalue weighted by atomic mass is 35.5. The summed E-state index contributed by atoms with van der Waals surface area (Å²) in [6, 6.07) is 8.99. The van der Waals surface area contributed by atoms with E-state index < -0.39 is 0 Å². The van der Waals surface area contributed by atoms with Crippen LogP contribution in [0.15, 0.2) is 24.3 Å². The summed E-state index contributed by atoms with van der Waals surface area (Å²) in [5, 5.41) is 0.181. The number of hydrogen-bond acceptors (Lipinski definition) is 0. The highest BCUT2D eigenvalue weighted by Crippen LogP contribution is 2.35. The van der Waals surface area contributed by atoms with Gasteiger partial charge < -0.3 is 0 Å². The van der Waals surface area contributed by atoms with Crippen LogP contribution < -0.4 is 0 Å². The quantitative estimate of drug-likeness (QED) is 0.451. The second-order valence-electron chi connectivity index (χ2n) is 5.58. The first-order chi connectivity index (χ1) is 9.22. The number of halogens is 1. The lowest BCUT2D eigenvalue weighted by Gasteiger charge is -2.22. The summed E-state index contributed by atoms with van der Waals surface area (Å²) in [5.74, 6) is 0.623. The average molecular weight is 281 g/mol. The minimum atomic E-state index is 0.181. The van der Waals surface area contributed by atoms with Crippen LogP contribution in [0.25, 0.3) is 0 Å². The lowest BCUT2D eigenvalue weighted by molar-refractivity contribution is 0.426. The standard InChI is InChI=1S/C18H29Cl/c1-4-7-10-15-11-13-17(14-12-15)18(19)16(8-5-2)9-6-3/h11-14,16,18H,4-10H2,1-3H3. The van der Waals surface area contributed by atoms with Crippen LogP contribution in [0, 0.1) is 5.92 Å². The van der Waals surface area contributed by atoms with Gasteiger partial charge in [-0.25, -0.2) is 0 Å². The van der Waals surface area contributed by atoms with Gasteiger partial charge in [0.15, 0.2) is 0 Å². The van der Waals surface area contributed by atoms with Crippen LogP contribution in [0.5, 0.6) is 0 Å². The Kier molecular flexibility index (Phi) is 8.21. The van der Waals surface area contributed by atoms with Gasteiger partial charge in [-0.3, -0.25) is 0 Å².